The minimum atomic E-state index is -0.611. The summed E-state index contributed by atoms with van der Waals surface area (Å²) in [6, 6.07) is 11.9. The van der Waals surface area contributed by atoms with Gasteiger partial charge in [0, 0.05) is 17.3 Å². The number of aromatic nitrogens is 1. The lowest BCUT2D eigenvalue weighted by Crippen LogP contribution is -2.22. The Labute approximate surface area is 137 Å². The zero-order valence-electron chi connectivity index (χ0n) is 12.9. The Morgan fingerprint density at radius 3 is 2.25 bits per heavy atom. The number of ether oxygens (including phenoxy) is 1. The number of rotatable bonds is 2. The van der Waals surface area contributed by atoms with Gasteiger partial charge in [0.25, 0.3) is 0 Å². The SMILES string of the molecule is CCOC(=O)c1c2c(c3ccccn13)C(=O)c1ccccc1C2=O. The zero-order valence-corrected chi connectivity index (χ0v) is 12.9. The zero-order chi connectivity index (χ0) is 16.8. The second kappa shape index (κ2) is 5.16. The molecule has 0 spiro atoms. The molecule has 1 aliphatic rings. The normalized spacial score (nSPS) is 12.9. The molecule has 0 amide bonds. The van der Waals surface area contributed by atoms with Crippen LogP contribution in [-0.2, 0) is 4.74 Å². The number of nitrogens with zero attached hydrogens (tertiary/aromatic N) is 1. The first-order valence-corrected chi connectivity index (χ1v) is 7.63. The lowest BCUT2D eigenvalue weighted by molar-refractivity contribution is 0.0515. The van der Waals surface area contributed by atoms with E-state index in [2.05, 4.69) is 0 Å². The van der Waals surface area contributed by atoms with Gasteiger partial charge in [0.2, 0.25) is 0 Å². The highest BCUT2D eigenvalue weighted by Crippen LogP contribution is 2.34. The van der Waals surface area contributed by atoms with Crippen molar-refractivity contribution in [3.05, 3.63) is 76.6 Å². The van der Waals surface area contributed by atoms with Gasteiger partial charge in [0.1, 0.15) is 5.69 Å². The third-order valence-corrected chi connectivity index (χ3v) is 4.18. The first-order chi connectivity index (χ1) is 11.6. The van der Waals surface area contributed by atoms with Gasteiger partial charge < -0.3 is 9.14 Å². The van der Waals surface area contributed by atoms with Gasteiger partial charge in [-0.2, -0.15) is 0 Å². The molecule has 1 aromatic carbocycles. The number of carbonyl (C=O) groups excluding carboxylic acids is 3. The number of hydrogen-bond donors (Lipinski definition) is 0. The van der Waals surface area contributed by atoms with Crippen molar-refractivity contribution in [2.24, 2.45) is 0 Å². The topological polar surface area (TPSA) is 64.8 Å². The van der Waals surface area contributed by atoms with Gasteiger partial charge in [-0.1, -0.05) is 30.3 Å². The predicted octanol–water partition coefficient (Wildman–Crippen LogP) is 2.89. The second-order valence-electron chi connectivity index (χ2n) is 5.48. The van der Waals surface area contributed by atoms with E-state index in [9.17, 15) is 14.4 Å². The van der Waals surface area contributed by atoms with E-state index in [0.29, 0.717) is 16.6 Å². The fourth-order valence-corrected chi connectivity index (χ4v) is 3.21. The van der Waals surface area contributed by atoms with Crippen LogP contribution in [0.25, 0.3) is 5.52 Å². The molecule has 0 N–H and O–H groups in total. The molecule has 0 unspecified atom stereocenters. The number of carbonyl (C=O) groups is 3. The Hall–Kier alpha value is -3.21. The summed E-state index contributed by atoms with van der Waals surface area (Å²) in [5, 5.41) is 0. The van der Waals surface area contributed by atoms with Gasteiger partial charge in [-0.3, -0.25) is 9.59 Å². The molecule has 0 fully saturated rings. The molecule has 0 saturated carbocycles. The van der Waals surface area contributed by atoms with Crippen molar-refractivity contribution in [1.82, 2.24) is 4.40 Å². The average molecular weight is 319 g/mol. The largest absolute Gasteiger partial charge is 0.461 e. The lowest BCUT2D eigenvalue weighted by atomic mass is 9.84. The number of benzene rings is 1. The van der Waals surface area contributed by atoms with Crippen LogP contribution in [-0.4, -0.2) is 28.5 Å². The summed E-state index contributed by atoms with van der Waals surface area (Å²) in [4.78, 5) is 38.4. The van der Waals surface area contributed by atoms with Gasteiger partial charge in [-0.05, 0) is 19.1 Å². The minimum Gasteiger partial charge on any atom is -0.461 e. The van der Waals surface area contributed by atoms with Crippen molar-refractivity contribution in [1.29, 1.82) is 0 Å². The van der Waals surface area contributed by atoms with E-state index in [4.69, 9.17) is 4.74 Å². The van der Waals surface area contributed by atoms with Crippen molar-refractivity contribution < 1.29 is 19.1 Å². The standard InChI is InChI=1S/C19H13NO4/c1-2-24-19(23)16-15-14(13-9-5-6-10-20(13)16)17(21)11-7-3-4-8-12(11)18(15)22/h3-10H,2H2,1H3. The van der Waals surface area contributed by atoms with E-state index in [0.717, 1.165) is 0 Å². The van der Waals surface area contributed by atoms with E-state index >= 15 is 0 Å². The van der Waals surface area contributed by atoms with Gasteiger partial charge in [0.05, 0.1) is 23.3 Å². The molecule has 2 aromatic heterocycles. The van der Waals surface area contributed by atoms with E-state index in [1.165, 1.54) is 0 Å². The van der Waals surface area contributed by atoms with Gasteiger partial charge in [-0.15, -0.1) is 0 Å². The molecule has 0 bridgehead atoms. The number of ketones is 2. The fourth-order valence-electron chi connectivity index (χ4n) is 3.21. The van der Waals surface area contributed by atoms with Gasteiger partial charge in [0.15, 0.2) is 11.6 Å². The molecule has 24 heavy (non-hydrogen) atoms. The summed E-state index contributed by atoms with van der Waals surface area (Å²) in [6.45, 7) is 1.88. The Balaban J connectivity index is 2.11. The molecule has 0 aliphatic heterocycles. The van der Waals surface area contributed by atoms with Crippen LogP contribution in [0.2, 0.25) is 0 Å². The highest BCUT2D eigenvalue weighted by atomic mass is 16.5. The monoisotopic (exact) mass is 319 g/mol. The Morgan fingerprint density at radius 1 is 0.958 bits per heavy atom. The summed E-state index contributed by atoms with van der Waals surface area (Å²) in [7, 11) is 0. The van der Waals surface area contributed by atoms with Crippen molar-refractivity contribution >= 4 is 23.1 Å². The molecule has 0 radical (unpaired) electrons. The minimum absolute atomic E-state index is 0.107. The summed E-state index contributed by atoms with van der Waals surface area (Å²) in [6.07, 6.45) is 1.66. The van der Waals surface area contributed by atoms with E-state index in [1.54, 1.807) is 60.0 Å². The Bertz CT molecular complexity index is 1030. The lowest BCUT2D eigenvalue weighted by Gasteiger charge is -2.15. The number of esters is 1. The van der Waals surface area contributed by atoms with Crippen LogP contribution in [0.15, 0.2) is 48.7 Å². The molecule has 4 rings (SSSR count). The molecule has 0 saturated heterocycles. The molecule has 1 aliphatic carbocycles. The van der Waals surface area contributed by atoms with Crippen molar-refractivity contribution in [3.63, 3.8) is 0 Å². The Kier molecular flexibility index (Phi) is 3.09. The van der Waals surface area contributed by atoms with Crippen molar-refractivity contribution in [2.75, 3.05) is 6.61 Å². The first-order valence-electron chi connectivity index (χ1n) is 7.63. The summed E-state index contributed by atoms with van der Waals surface area (Å²) in [5.41, 5.74) is 1.71. The molecular weight excluding hydrogens is 306 g/mol. The molecule has 5 nitrogen and oxygen atoms in total. The van der Waals surface area contributed by atoms with Crippen LogP contribution in [0.4, 0.5) is 0 Å². The Morgan fingerprint density at radius 2 is 1.58 bits per heavy atom. The third-order valence-electron chi connectivity index (χ3n) is 4.18. The van der Waals surface area contributed by atoms with Gasteiger partial charge >= 0.3 is 5.97 Å². The van der Waals surface area contributed by atoms with E-state index < -0.39 is 5.97 Å². The fraction of sp³-hybridized carbons (Fsp3) is 0.105. The highest BCUT2D eigenvalue weighted by molar-refractivity contribution is 6.33. The molecule has 5 heteroatoms. The maximum atomic E-state index is 13.0. The third kappa shape index (κ3) is 1.78. The maximum Gasteiger partial charge on any atom is 0.356 e. The quantitative estimate of drug-likeness (QED) is 0.533. The van der Waals surface area contributed by atoms with Crippen LogP contribution >= 0.6 is 0 Å². The predicted molar refractivity (Wildman–Crippen MR) is 86.7 cm³/mol. The highest BCUT2D eigenvalue weighted by Gasteiger charge is 2.37. The summed E-state index contributed by atoms with van der Waals surface area (Å²) < 4.78 is 6.67. The molecular formula is C19H13NO4. The first kappa shape index (κ1) is 14.4. The van der Waals surface area contributed by atoms with E-state index in [1.807, 2.05) is 0 Å². The molecule has 2 heterocycles. The smallest absolute Gasteiger partial charge is 0.356 e. The number of pyridine rings is 1. The molecule has 118 valence electrons. The van der Waals surface area contributed by atoms with Crippen LogP contribution in [0.3, 0.4) is 0 Å². The van der Waals surface area contributed by atoms with Crippen molar-refractivity contribution in [2.45, 2.75) is 6.92 Å². The van der Waals surface area contributed by atoms with Crippen molar-refractivity contribution in [3.8, 4) is 0 Å². The number of hydrogen-bond acceptors (Lipinski definition) is 4. The number of fused-ring (bicyclic) bond motifs is 4. The summed E-state index contributed by atoms with van der Waals surface area (Å²) in [5.74, 6) is -1.19. The molecule has 0 atom stereocenters. The van der Waals surface area contributed by atoms with Crippen LogP contribution in [0, 0.1) is 0 Å². The molecule has 3 aromatic rings. The average Bonchev–Trinajstić information content (AvgIpc) is 2.95. The van der Waals surface area contributed by atoms with E-state index in [-0.39, 0.29) is 35.0 Å². The maximum absolute atomic E-state index is 13.0. The van der Waals surface area contributed by atoms with Crippen LogP contribution < -0.4 is 0 Å². The van der Waals surface area contributed by atoms with Gasteiger partial charge in [-0.25, -0.2) is 4.79 Å². The second-order valence-corrected chi connectivity index (χ2v) is 5.48. The summed E-state index contributed by atoms with van der Waals surface area (Å²) >= 11 is 0. The van der Waals surface area contributed by atoms with Crippen LogP contribution in [0.1, 0.15) is 49.3 Å². The van der Waals surface area contributed by atoms with Crippen LogP contribution in [0.5, 0.6) is 0 Å².